The van der Waals surface area contributed by atoms with Crippen LogP contribution in [0, 0.1) is 3.57 Å². The highest BCUT2D eigenvalue weighted by molar-refractivity contribution is 14.1. The van der Waals surface area contributed by atoms with Crippen LogP contribution in [-0.4, -0.2) is 27.9 Å². The molecule has 14 heavy (non-hydrogen) atoms. The number of halogens is 2. The molecular formula is C9H13BrIN3. The van der Waals surface area contributed by atoms with Gasteiger partial charge in [0.2, 0.25) is 5.95 Å². The van der Waals surface area contributed by atoms with Crippen molar-refractivity contribution in [2.24, 2.45) is 0 Å². The number of hydrogen-bond acceptors (Lipinski definition) is 3. The number of alkyl halides is 1. The SMILES string of the molecule is CN(c1ncc(I)cn1)C(C)(C)CBr. The zero-order chi connectivity index (χ0) is 10.8. The van der Waals surface area contributed by atoms with E-state index in [1.54, 1.807) is 0 Å². The van der Waals surface area contributed by atoms with Gasteiger partial charge >= 0.3 is 0 Å². The summed E-state index contributed by atoms with van der Waals surface area (Å²) in [6.45, 7) is 4.28. The highest BCUT2D eigenvalue weighted by Gasteiger charge is 2.23. The maximum absolute atomic E-state index is 4.28. The van der Waals surface area contributed by atoms with Gasteiger partial charge in [-0.25, -0.2) is 9.97 Å². The molecule has 3 nitrogen and oxygen atoms in total. The first kappa shape index (κ1) is 12.2. The first-order chi connectivity index (χ1) is 6.47. The first-order valence-corrected chi connectivity index (χ1v) is 6.45. The van der Waals surface area contributed by atoms with Crippen LogP contribution in [0.4, 0.5) is 5.95 Å². The molecule has 0 spiro atoms. The summed E-state index contributed by atoms with van der Waals surface area (Å²) in [7, 11) is 2.00. The third-order valence-corrected chi connectivity index (χ3v) is 4.07. The Labute approximate surface area is 107 Å². The molecule has 0 bridgehead atoms. The number of anilines is 1. The predicted molar refractivity (Wildman–Crippen MR) is 71.0 cm³/mol. The molecular weight excluding hydrogens is 357 g/mol. The monoisotopic (exact) mass is 369 g/mol. The topological polar surface area (TPSA) is 29.0 Å². The van der Waals surface area contributed by atoms with Gasteiger partial charge in [0, 0.05) is 33.9 Å². The summed E-state index contributed by atoms with van der Waals surface area (Å²) in [6, 6.07) is 0. The van der Waals surface area contributed by atoms with Gasteiger partial charge in [0.1, 0.15) is 0 Å². The van der Waals surface area contributed by atoms with E-state index >= 15 is 0 Å². The molecule has 0 aliphatic carbocycles. The summed E-state index contributed by atoms with van der Waals surface area (Å²) in [6.07, 6.45) is 3.65. The molecule has 1 aromatic rings. The van der Waals surface area contributed by atoms with Crippen LogP contribution in [0.25, 0.3) is 0 Å². The van der Waals surface area contributed by atoms with Crippen molar-refractivity contribution in [2.75, 3.05) is 17.3 Å². The summed E-state index contributed by atoms with van der Waals surface area (Å²) < 4.78 is 1.05. The fourth-order valence-electron chi connectivity index (χ4n) is 0.839. The van der Waals surface area contributed by atoms with Crippen LogP contribution < -0.4 is 4.90 Å². The second-order valence-corrected chi connectivity index (χ2v) is 5.51. The van der Waals surface area contributed by atoms with E-state index in [0.717, 1.165) is 14.8 Å². The molecule has 0 amide bonds. The van der Waals surface area contributed by atoms with Crippen molar-refractivity contribution >= 4 is 44.5 Å². The zero-order valence-electron chi connectivity index (χ0n) is 8.46. The predicted octanol–water partition coefficient (Wildman–Crippen LogP) is 2.69. The Hall–Kier alpha value is 0.0900. The molecule has 0 N–H and O–H groups in total. The summed E-state index contributed by atoms with van der Waals surface area (Å²) in [4.78, 5) is 10.6. The lowest BCUT2D eigenvalue weighted by Gasteiger charge is -2.33. The van der Waals surface area contributed by atoms with E-state index in [-0.39, 0.29) is 5.54 Å². The fraction of sp³-hybridized carbons (Fsp3) is 0.556. The molecule has 0 aliphatic rings. The van der Waals surface area contributed by atoms with Gasteiger partial charge in [-0.05, 0) is 36.4 Å². The fourth-order valence-corrected chi connectivity index (χ4v) is 1.49. The summed E-state index contributed by atoms with van der Waals surface area (Å²) >= 11 is 5.68. The van der Waals surface area contributed by atoms with Gasteiger partial charge < -0.3 is 4.90 Å². The molecule has 0 saturated carbocycles. The highest BCUT2D eigenvalue weighted by atomic mass is 127. The maximum atomic E-state index is 4.28. The normalized spacial score (nSPS) is 11.5. The second-order valence-electron chi connectivity index (χ2n) is 3.71. The minimum Gasteiger partial charge on any atom is -0.338 e. The quantitative estimate of drug-likeness (QED) is 0.606. The van der Waals surface area contributed by atoms with Gasteiger partial charge in [-0.15, -0.1) is 0 Å². The van der Waals surface area contributed by atoms with Crippen LogP contribution in [0.1, 0.15) is 13.8 Å². The summed E-state index contributed by atoms with van der Waals surface area (Å²) in [5.74, 6) is 0.759. The van der Waals surface area contributed by atoms with Crippen molar-refractivity contribution in [1.82, 2.24) is 9.97 Å². The molecule has 0 saturated heterocycles. The second kappa shape index (κ2) is 4.74. The van der Waals surface area contributed by atoms with Crippen LogP contribution in [0.2, 0.25) is 0 Å². The Morgan fingerprint density at radius 3 is 2.36 bits per heavy atom. The molecule has 0 fully saturated rings. The van der Waals surface area contributed by atoms with Crippen LogP contribution in [0.5, 0.6) is 0 Å². The van der Waals surface area contributed by atoms with Crippen molar-refractivity contribution in [2.45, 2.75) is 19.4 Å². The van der Waals surface area contributed by atoms with Gasteiger partial charge in [0.25, 0.3) is 0 Å². The lowest BCUT2D eigenvalue weighted by molar-refractivity contribution is 0.541. The van der Waals surface area contributed by atoms with Crippen molar-refractivity contribution in [1.29, 1.82) is 0 Å². The van der Waals surface area contributed by atoms with Gasteiger partial charge in [0.05, 0.1) is 0 Å². The molecule has 0 radical (unpaired) electrons. The van der Waals surface area contributed by atoms with Gasteiger partial charge in [-0.2, -0.15) is 0 Å². The number of hydrogen-bond donors (Lipinski definition) is 0. The Morgan fingerprint density at radius 1 is 1.43 bits per heavy atom. The van der Waals surface area contributed by atoms with Gasteiger partial charge in [0.15, 0.2) is 0 Å². The molecule has 0 unspecified atom stereocenters. The Morgan fingerprint density at radius 2 is 1.93 bits per heavy atom. The minimum atomic E-state index is 0.0206. The lowest BCUT2D eigenvalue weighted by Crippen LogP contribution is -2.43. The van der Waals surface area contributed by atoms with Crippen LogP contribution in [0.15, 0.2) is 12.4 Å². The van der Waals surface area contributed by atoms with Gasteiger partial charge in [-0.1, -0.05) is 15.9 Å². The standard InChI is InChI=1S/C9H13BrIN3/c1-9(2,6-10)14(3)8-12-4-7(11)5-13-8/h4-5H,6H2,1-3H3. The molecule has 5 heteroatoms. The largest absolute Gasteiger partial charge is 0.338 e. The smallest absolute Gasteiger partial charge is 0.225 e. The first-order valence-electron chi connectivity index (χ1n) is 4.25. The Bertz CT molecular complexity index is 299. The Kier molecular flexibility index (Phi) is 4.12. The van der Waals surface area contributed by atoms with E-state index in [9.17, 15) is 0 Å². The highest BCUT2D eigenvalue weighted by Crippen LogP contribution is 2.20. The number of nitrogens with zero attached hydrogens (tertiary/aromatic N) is 3. The van der Waals surface area contributed by atoms with E-state index in [0.29, 0.717) is 0 Å². The van der Waals surface area contributed by atoms with Crippen LogP contribution in [0.3, 0.4) is 0 Å². The number of rotatable bonds is 3. The zero-order valence-corrected chi connectivity index (χ0v) is 12.2. The Balaban J connectivity index is 2.89. The average molecular weight is 370 g/mol. The van der Waals surface area contributed by atoms with Crippen molar-refractivity contribution in [3.05, 3.63) is 16.0 Å². The molecule has 0 aliphatic heterocycles. The van der Waals surface area contributed by atoms with Crippen LogP contribution in [-0.2, 0) is 0 Å². The third-order valence-electron chi connectivity index (χ3n) is 2.14. The molecule has 1 heterocycles. The van der Waals surface area contributed by atoms with E-state index in [1.807, 2.05) is 19.4 Å². The van der Waals surface area contributed by atoms with Crippen molar-refractivity contribution in [3.63, 3.8) is 0 Å². The molecule has 1 rings (SSSR count). The summed E-state index contributed by atoms with van der Waals surface area (Å²) in [5.41, 5.74) is 0.0206. The molecule has 0 aromatic carbocycles. The average Bonchev–Trinajstić information content (AvgIpc) is 2.18. The van der Waals surface area contributed by atoms with Crippen molar-refractivity contribution < 1.29 is 0 Å². The van der Waals surface area contributed by atoms with Gasteiger partial charge in [-0.3, -0.25) is 0 Å². The third kappa shape index (κ3) is 2.79. The molecule has 0 atom stereocenters. The van der Waals surface area contributed by atoms with E-state index < -0.39 is 0 Å². The van der Waals surface area contributed by atoms with Crippen molar-refractivity contribution in [3.8, 4) is 0 Å². The van der Waals surface area contributed by atoms with Crippen LogP contribution >= 0.6 is 38.5 Å². The van der Waals surface area contributed by atoms with E-state index in [1.165, 1.54) is 0 Å². The van der Waals surface area contributed by atoms with E-state index in [4.69, 9.17) is 0 Å². The number of aromatic nitrogens is 2. The van der Waals surface area contributed by atoms with E-state index in [2.05, 4.69) is 67.2 Å². The molecule has 78 valence electrons. The molecule has 1 aromatic heterocycles. The lowest BCUT2D eigenvalue weighted by atomic mass is 10.1. The minimum absolute atomic E-state index is 0.0206. The maximum Gasteiger partial charge on any atom is 0.225 e. The summed E-state index contributed by atoms with van der Waals surface area (Å²) in [5, 5.41) is 0.881.